The van der Waals surface area contributed by atoms with Crippen LogP contribution in [-0.2, 0) is 4.79 Å². The molecule has 12 heteroatoms. The normalized spacial score (nSPS) is 12.7. The summed E-state index contributed by atoms with van der Waals surface area (Å²) in [5.74, 6) is 6.65. The van der Waals surface area contributed by atoms with Crippen molar-refractivity contribution in [2.24, 2.45) is 5.92 Å². The minimum Gasteiger partial charge on any atom is -0.490 e. The maximum atomic E-state index is 15.6. The van der Waals surface area contributed by atoms with Crippen molar-refractivity contribution < 1.29 is 18.7 Å². The molecule has 0 aliphatic heterocycles. The summed E-state index contributed by atoms with van der Waals surface area (Å²) >= 11 is 0. The van der Waals surface area contributed by atoms with E-state index in [9.17, 15) is 4.79 Å². The van der Waals surface area contributed by atoms with E-state index in [1.54, 1.807) is 54.0 Å². The zero-order chi connectivity index (χ0) is 29.9. The number of carbonyl (C=O) groups is 1. The number of ether oxygens (including phenoxy) is 2. The fraction of sp³-hybridized carbons (Fsp3) is 0.258. The number of hydrogen-bond donors (Lipinski definition) is 2. The third kappa shape index (κ3) is 6.47. The van der Waals surface area contributed by atoms with Gasteiger partial charge in [0.05, 0.1) is 16.9 Å². The van der Waals surface area contributed by atoms with E-state index in [0.29, 0.717) is 64.0 Å². The van der Waals surface area contributed by atoms with Gasteiger partial charge in [-0.25, -0.2) is 23.9 Å². The molecule has 0 atom stereocenters. The molecular formula is C31H29FN8O3. The maximum Gasteiger partial charge on any atom is 0.300 e. The lowest BCUT2D eigenvalue weighted by Gasteiger charge is -2.17. The topological polar surface area (TPSA) is 119 Å². The number of anilines is 3. The molecule has 3 heterocycles. The van der Waals surface area contributed by atoms with Gasteiger partial charge in [-0.2, -0.15) is 5.10 Å². The SMILES string of the molecule is Cc1c(Oc2ccn3ncnc3c2)ccc(Nc2ncnc3cc(OCCN(C)C)c(NC(=O)C#CC4CC4)cc23)c1F. The summed E-state index contributed by atoms with van der Waals surface area (Å²) in [5.41, 5.74) is 2.10. The highest BCUT2D eigenvalue weighted by Crippen LogP contribution is 2.36. The highest BCUT2D eigenvalue weighted by Gasteiger charge is 2.19. The predicted octanol–water partition coefficient (Wildman–Crippen LogP) is 4.95. The van der Waals surface area contributed by atoms with Gasteiger partial charge in [0.15, 0.2) is 11.5 Å². The Morgan fingerprint density at radius 1 is 1.09 bits per heavy atom. The molecule has 0 radical (unpaired) electrons. The summed E-state index contributed by atoms with van der Waals surface area (Å²) in [6.45, 7) is 2.71. The molecule has 5 aromatic rings. The van der Waals surface area contributed by atoms with Gasteiger partial charge in [0.2, 0.25) is 0 Å². The van der Waals surface area contributed by atoms with Gasteiger partial charge in [0.1, 0.15) is 42.3 Å². The van der Waals surface area contributed by atoms with Crippen molar-refractivity contribution in [1.29, 1.82) is 0 Å². The Hall–Kier alpha value is -5.28. The summed E-state index contributed by atoms with van der Waals surface area (Å²) < 4.78 is 29.2. The third-order valence-electron chi connectivity index (χ3n) is 6.82. The number of hydrogen-bond acceptors (Lipinski definition) is 9. The number of benzene rings is 2. The molecule has 6 rings (SSSR count). The van der Waals surface area contributed by atoms with E-state index in [0.717, 1.165) is 12.8 Å². The van der Waals surface area contributed by atoms with Crippen LogP contribution in [0, 0.1) is 30.5 Å². The van der Waals surface area contributed by atoms with E-state index in [1.807, 2.05) is 19.0 Å². The Labute approximate surface area is 247 Å². The lowest BCUT2D eigenvalue weighted by molar-refractivity contribution is -0.111. The zero-order valence-corrected chi connectivity index (χ0v) is 23.9. The van der Waals surface area contributed by atoms with Crippen LogP contribution in [0.5, 0.6) is 17.2 Å². The first-order valence-corrected chi connectivity index (χ1v) is 13.8. The summed E-state index contributed by atoms with van der Waals surface area (Å²) in [5, 5.41) is 10.6. The molecule has 1 aliphatic carbocycles. The number of rotatable bonds is 9. The van der Waals surface area contributed by atoms with Gasteiger partial charge in [-0.1, -0.05) is 5.92 Å². The standard InChI is InChI=1S/C31H29FN8O3/c1-19-26(43-21-10-11-40-28(14-21)34-18-36-40)8-7-23(30(19)32)38-31-22-15-25(37-29(41)9-6-20-4-5-20)27(42-13-12-39(2)3)16-24(22)33-17-35-31/h7-8,10-11,14-18,20H,4-5,12-13H2,1-3H3,(H,37,41)(H,33,35,38). The van der Waals surface area contributed by atoms with Crippen LogP contribution in [0.25, 0.3) is 16.6 Å². The zero-order valence-electron chi connectivity index (χ0n) is 23.9. The van der Waals surface area contributed by atoms with Gasteiger partial charge in [0, 0.05) is 41.7 Å². The highest BCUT2D eigenvalue weighted by molar-refractivity contribution is 6.06. The second-order valence-corrected chi connectivity index (χ2v) is 10.4. The van der Waals surface area contributed by atoms with Gasteiger partial charge in [0.25, 0.3) is 5.91 Å². The van der Waals surface area contributed by atoms with E-state index in [2.05, 4.69) is 42.5 Å². The molecule has 1 fully saturated rings. The van der Waals surface area contributed by atoms with Crippen molar-refractivity contribution in [2.75, 3.05) is 37.9 Å². The Morgan fingerprint density at radius 2 is 1.95 bits per heavy atom. The van der Waals surface area contributed by atoms with E-state index < -0.39 is 11.7 Å². The van der Waals surface area contributed by atoms with Gasteiger partial charge in [-0.05, 0) is 64.0 Å². The molecule has 0 bridgehead atoms. The van der Waals surface area contributed by atoms with Crippen LogP contribution in [-0.4, -0.2) is 62.6 Å². The van der Waals surface area contributed by atoms with E-state index in [-0.39, 0.29) is 11.6 Å². The van der Waals surface area contributed by atoms with Gasteiger partial charge < -0.3 is 25.0 Å². The second-order valence-electron chi connectivity index (χ2n) is 10.4. The third-order valence-corrected chi connectivity index (χ3v) is 6.82. The summed E-state index contributed by atoms with van der Waals surface area (Å²) in [6.07, 6.45) is 6.58. The number of carbonyl (C=O) groups excluding carboxylic acids is 1. The van der Waals surface area contributed by atoms with Crippen LogP contribution >= 0.6 is 0 Å². The van der Waals surface area contributed by atoms with Crippen LogP contribution in [0.1, 0.15) is 18.4 Å². The fourth-order valence-electron chi connectivity index (χ4n) is 4.28. The number of nitrogens with one attached hydrogen (secondary N) is 2. The number of likely N-dealkylation sites (N-methyl/N-ethyl adjacent to an activating group) is 1. The maximum absolute atomic E-state index is 15.6. The number of pyridine rings is 1. The van der Waals surface area contributed by atoms with Crippen LogP contribution in [0.2, 0.25) is 0 Å². The van der Waals surface area contributed by atoms with Gasteiger partial charge in [-0.3, -0.25) is 4.79 Å². The molecule has 2 aromatic carbocycles. The first-order valence-electron chi connectivity index (χ1n) is 13.8. The monoisotopic (exact) mass is 580 g/mol. The smallest absolute Gasteiger partial charge is 0.300 e. The molecule has 3 aromatic heterocycles. The molecule has 0 saturated heterocycles. The van der Waals surface area contributed by atoms with E-state index >= 15 is 4.39 Å². The lowest BCUT2D eigenvalue weighted by Crippen LogP contribution is -2.20. The summed E-state index contributed by atoms with van der Waals surface area (Å²) in [4.78, 5) is 27.5. The molecule has 218 valence electrons. The predicted molar refractivity (Wildman–Crippen MR) is 160 cm³/mol. The number of fused-ring (bicyclic) bond motifs is 2. The molecule has 43 heavy (non-hydrogen) atoms. The molecule has 0 spiro atoms. The molecular weight excluding hydrogens is 551 g/mol. The van der Waals surface area contributed by atoms with E-state index in [4.69, 9.17) is 9.47 Å². The number of aromatic nitrogens is 5. The van der Waals surface area contributed by atoms with Crippen molar-refractivity contribution in [2.45, 2.75) is 19.8 Å². The van der Waals surface area contributed by atoms with Crippen LogP contribution in [0.4, 0.5) is 21.6 Å². The number of halogens is 1. The number of amides is 1. The average Bonchev–Trinajstić information content (AvgIpc) is 3.71. The Morgan fingerprint density at radius 3 is 2.77 bits per heavy atom. The van der Waals surface area contributed by atoms with Gasteiger partial charge in [-0.15, -0.1) is 0 Å². The summed E-state index contributed by atoms with van der Waals surface area (Å²) in [7, 11) is 3.89. The lowest BCUT2D eigenvalue weighted by atomic mass is 10.1. The van der Waals surface area contributed by atoms with Crippen LogP contribution in [0.15, 0.2) is 55.2 Å². The number of nitrogens with zero attached hydrogens (tertiary/aromatic N) is 6. The molecule has 1 amide bonds. The van der Waals surface area contributed by atoms with Crippen molar-refractivity contribution in [3.63, 3.8) is 0 Å². The minimum atomic E-state index is -0.500. The van der Waals surface area contributed by atoms with Crippen molar-refractivity contribution in [3.05, 3.63) is 66.6 Å². The van der Waals surface area contributed by atoms with Crippen molar-refractivity contribution in [1.82, 2.24) is 29.5 Å². The fourth-order valence-corrected chi connectivity index (χ4v) is 4.28. The largest absolute Gasteiger partial charge is 0.490 e. The molecule has 2 N–H and O–H groups in total. The van der Waals surface area contributed by atoms with E-state index in [1.165, 1.54) is 12.7 Å². The van der Waals surface area contributed by atoms with Crippen LogP contribution in [0.3, 0.4) is 0 Å². The Balaban J connectivity index is 1.28. The second kappa shape index (κ2) is 11.9. The first-order chi connectivity index (χ1) is 20.8. The van der Waals surface area contributed by atoms with Gasteiger partial charge >= 0.3 is 0 Å². The summed E-state index contributed by atoms with van der Waals surface area (Å²) in [6, 6.07) is 10.1. The first kappa shape index (κ1) is 27.9. The quantitative estimate of drug-likeness (QED) is 0.234. The van der Waals surface area contributed by atoms with Crippen molar-refractivity contribution >= 4 is 39.6 Å². The molecule has 11 nitrogen and oxygen atoms in total. The average molecular weight is 581 g/mol. The minimum absolute atomic E-state index is 0.199. The highest BCUT2D eigenvalue weighted by atomic mass is 19.1. The van der Waals surface area contributed by atoms with Crippen LogP contribution < -0.4 is 20.1 Å². The Bertz CT molecular complexity index is 1890. The van der Waals surface area contributed by atoms with Crippen molar-refractivity contribution in [3.8, 4) is 29.1 Å². The molecule has 0 unspecified atom stereocenters. The molecule has 1 saturated carbocycles. The Kier molecular flexibility index (Phi) is 7.72. The molecule has 1 aliphatic rings.